The van der Waals surface area contributed by atoms with E-state index in [1.165, 1.54) is 0 Å². The Morgan fingerprint density at radius 2 is 2.03 bits per heavy atom. The van der Waals surface area contributed by atoms with E-state index in [0.717, 1.165) is 50.0 Å². The van der Waals surface area contributed by atoms with Crippen molar-refractivity contribution in [3.05, 3.63) is 54.2 Å². The molecule has 1 saturated heterocycles. The highest BCUT2D eigenvalue weighted by Gasteiger charge is 2.54. The number of piperidine rings is 1. The summed E-state index contributed by atoms with van der Waals surface area (Å²) in [6.45, 7) is 0.739. The van der Waals surface area contributed by atoms with Gasteiger partial charge in [0.1, 0.15) is 17.3 Å². The number of hydrogen-bond donors (Lipinski definition) is 1. The lowest BCUT2D eigenvalue weighted by Crippen LogP contribution is -2.44. The third kappa shape index (κ3) is 3.22. The lowest BCUT2D eigenvalue weighted by molar-refractivity contribution is -0.138. The zero-order valence-corrected chi connectivity index (χ0v) is 16.9. The maximum atomic E-state index is 13.7. The molecule has 1 unspecified atom stereocenters. The zero-order chi connectivity index (χ0) is 20.6. The summed E-state index contributed by atoms with van der Waals surface area (Å²) < 4.78 is 5.27. The van der Waals surface area contributed by atoms with Crippen molar-refractivity contribution in [2.24, 2.45) is 0 Å². The standard InChI is InChI=1S/C22H24N6O2/c1-30-16-7-5-15(6-8-16)22(9-10-22)21(29)28-13-3-2-4-18(28)20-25-19(26-27-20)17-14-23-11-12-24-17/h5-8,11-12,14,18H,2-4,9-10,13H2,1H3,(H,25,26,27). The fourth-order valence-corrected chi connectivity index (χ4v) is 4.35. The van der Waals surface area contributed by atoms with Gasteiger partial charge in [-0.15, -0.1) is 0 Å². The first-order valence-corrected chi connectivity index (χ1v) is 10.4. The number of benzene rings is 1. The van der Waals surface area contributed by atoms with Gasteiger partial charge < -0.3 is 9.64 Å². The van der Waals surface area contributed by atoms with Crippen molar-refractivity contribution < 1.29 is 9.53 Å². The summed E-state index contributed by atoms with van der Waals surface area (Å²) in [7, 11) is 1.65. The largest absolute Gasteiger partial charge is 0.497 e. The van der Waals surface area contributed by atoms with E-state index in [4.69, 9.17) is 4.74 Å². The SMILES string of the molecule is COc1ccc(C2(C(=O)N3CCCCC3c3nc(-c4cnccn4)n[nH]3)CC2)cc1. The number of amides is 1. The van der Waals surface area contributed by atoms with Gasteiger partial charge in [0.2, 0.25) is 11.7 Å². The summed E-state index contributed by atoms with van der Waals surface area (Å²) in [6, 6.07) is 7.80. The molecule has 0 spiro atoms. The fourth-order valence-electron chi connectivity index (χ4n) is 4.35. The normalized spacial score (nSPS) is 20.0. The number of carbonyl (C=O) groups is 1. The summed E-state index contributed by atoms with van der Waals surface area (Å²) in [6.07, 6.45) is 9.57. The van der Waals surface area contributed by atoms with Crippen LogP contribution >= 0.6 is 0 Å². The van der Waals surface area contributed by atoms with E-state index in [9.17, 15) is 4.79 Å². The van der Waals surface area contributed by atoms with Crippen molar-refractivity contribution in [2.75, 3.05) is 13.7 Å². The minimum absolute atomic E-state index is 0.0973. The van der Waals surface area contributed by atoms with E-state index in [2.05, 4.69) is 25.1 Å². The molecule has 1 aliphatic carbocycles. The second-order valence-electron chi connectivity index (χ2n) is 7.96. The monoisotopic (exact) mass is 404 g/mol. The Labute approximate surface area is 174 Å². The molecule has 2 fully saturated rings. The highest BCUT2D eigenvalue weighted by molar-refractivity contribution is 5.91. The van der Waals surface area contributed by atoms with Crippen LogP contribution in [-0.2, 0) is 10.2 Å². The highest BCUT2D eigenvalue weighted by Crippen LogP contribution is 2.51. The topological polar surface area (TPSA) is 96.9 Å². The number of H-pyrrole nitrogens is 1. The van der Waals surface area contributed by atoms with Crippen molar-refractivity contribution >= 4 is 5.91 Å². The summed E-state index contributed by atoms with van der Waals surface area (Å²) in [5, 5.41) is 7.37. The maximum absolute atomic E-state index is 13.7. The predicted molar refractivity (Wildman–Crippen MR) is 110 cm³/mol. The first kappa shape index (κ1) is 18.7. The quantitative estimate of drug-likeness (QED) is 0.702. The number of ether oxygens (including phenoxy) is 1. The molecule has 2 aliphatic rings. The zero-order valence-electron chi connectivity index (χ0n) is 16.9. The Morgan fingerprint density at radius 3 is 2.73 bits per heavy atom. The van der Waals surface area contributed by atoms with Crippen LogP contribution in [0.1, 0.15) is 49.5 Å². The number of nitrogens with one attached hydrogen (secondary N) is 1. The first-order valence-electron chi connectivity index (χ1n) is 10.4. The molecule has 154 valence electrons. The molecule has 2 aromatic heterocycles. The first-order chi connectivity index (χ1) is 14.7. The van der Waals surface area contributed by atoms with Gasteiger partial charge in [-0.2, -0.15) is 5.10 Å². The van der Waals surface area contributed by atoms with Gasteiger partial charge in [-0.3, -0.25) is 14.9 Å². The Bertz CT molecular complexity index is 1030. The number of hydrogen-bond acceptors (Lipinski definition) is 6. The molecule has 1 amide bonds. The van der Waals surface area contributed by atoms with Gasteiger partial charge >= 0.3 is 0 Å². The van der Waals surface area contributed by atoms with Gasteiger partial charge in [0, 0.05) is 18.9 Å². The number of aromatic amines is 1. The average molecular weight is 404 g/mol. The molecule has 1 N–H and O–H groups in total. The third-order valence-corrected chi connectivity index (χ3v) is 6.18. The van der Waals surface area contributed by atoms with Crippen LogP contribution < -0.4 is 4.74 Å². The molecule has 3 aromatic rings. The van der Waals surface area contributed by atoms with Crippen molar-refractivity contribution in [3.8, 4) is 17.3 Å². The van der Waals surface area contributed by atoms with E-state index in [-0.39, 0.29) is 11.9 Å². The molecule has 30 heavy (non-hydrogen) atoms. The van der Waals surface area contributed by atoms with E-state index in [1.54, 1.807) is 25.7 Å². The van der Waals surface area contributed by atoms with Crippen molar-refractivity contribution in [1.82, 2.24) is 30.0 Å². The molecule has 8 heteroatoms. The molecule has 8 nitrogen and oxygen atoms in total. The van der Waals surface area contributed by atoms with E-state index >= 15 is 0 Å². The Kier molecular flexibility index (Phi) is 4.69. The molecular weight excluding hydrogens is 380 g/mol. The number of carbonyl (C=O) groups excluding carboxylic acids is 1. The van der Waals surface area contributed by atoms with Crippen LogP contribution in [-0.4, -0.2) is 49.6 Å². The minimum Gasteiger partial charge on any atom is -0.497 e. The van der Waals surface area contributed by atoms with Gasteiger partial charge in [0.25, 0.3) is 0 Å². The number of nitrogens with zero attached hydrogens (tertiary/aromatic N) is 5. The minimum atomic E-state index is -0.421. The van der Waals surface area contributed by atoms with E-state index < -0.39 is 5.41 Å². The van der Waals surface area contributed by atoms with Gasteiger partial charge in [-0.05, 0) is 49.8 Å². The molecule has 0 radical (unpaired) electrons. The average Bonchev–Trinajstić information content (AvgIpc) is 3.48. The molecule has 1 aliphatic heterocycles. The van der Waals surface area contributed by atoms with Crippen LogP contribution in [0.15, 0.2) is 42.9 Å². The molecule has 1 saturated carbocycles. The third-order valence-electron chi connectivity index (χ3n) is 6.18. The van der Waals surface area contributed by atoms with Crippen LogP contribution in [0.25, 0.3) is 11.5 Å². The summed E-state index contributed by atoms with van der Waals surface area (Å²) in [5.74, 6) is 2.22. The smallest absolute Gasteiger partial charge is 0.233 e. The molecular formula is C22H24N6O2. The van der Waals surface area contributed by atoms with Crippen LogP contribution in [0, 0.1) is 0 Å². The fraction of sp³-hybridized carbons (Fsp3) is 0.409. The van der Waals surface area contributed by atoms with E-state index in [1.807, 2.05) is 29.2 Å². The molecule has 5 rings (SSSR count). The Morgan fingerprint density at radius 1 is 1.20 bits per heavy atom. The lowest BCUT2D eigenvalue weighted by Gasteiger charge is -2.37. The summed E-state index contributed by atoms with van der Waals surface area (Å²) in [4.78, 5) is 28.7. The number of rotatable bonds is 5. The van der Waals surface area contributed by atoms with Gasteiger partial charge in [-0.1, -0.05) is 12.1 Å². The van der Waals surface area contributed by atoms with Gasteiger partial charge in [0.15, 0.2) is 0 Å². The molecule has 0 bridgehead atoms. The van der Waals surface area contributed by atoms with Gasteiger partial charge in [0.05, 0.1) is 24.8 Å². The second kappa shape index (κ2) is 7.51. The maximum Gasteiger partial charge on any atom is 0.233 e. The second-order valence-corrected chi connectivity index (χ2v) is 7.96. The van der Waals surface area contributed by atoms with Crippen LogP contribution in [0.5, 0.6) is 5.75 Å². The van der Waals surface area contributed by atoms with Crippen molar-refractivity contribution in [2.45, 2.75) is 43.6 Å². The lowest BCUT2D eigenvalue weighted by atomic mass is 9.91. The molecule has 1 atom stereocenters. The predicted octanol–water partition coefficient (Wildman–Crippen LogP) is 3.06. The van der Waals surface area contributed by atoms with Crippen LogP contribution in [0.4, 0.5) is 0 Å². The molecule has 3 heterocycles. The highest BCUT2D eigenvalue weighted by atomic mass is 16.5. The van der Waals surface area contributed by atoms with E-state index in [0.29, 0.717) is 17.3 Å². The summed E-state index contributed by atoms with van der Waals surface area (Å²) in [5.41, 5.74) is 1.26. The Hall–Kier alpha value is -3.29. The number of likely N-dealkylation sites (tertiary alicyclic amines) is 1. The Balaban J connectivity index is 1.41. The van der Waals surface area contributed by atoms with Gasteiger partial charge in [-0.25, -0.2) is 9.97 Å². The number of methoxy groups -OCH3 is 1. The van der Waals surface area contributed by atoms with Crippen molar-refractivity contribution in [1.29, 1.82) is 0 Å². The van der Waals surface area contributed by atoms with Crippen LogP contribution in [0.2, 0.25) is 0 Å². The number of aromatic nitrogens is 5. The molecule has 1 aromatic carbocycles. The summed E-state index contributed by atoms with van der Waals surface area (Å²) >= 11 is 0. The van der Waals surface area contributed by atoms with Crippen molar-refractivity contribution in [3.63, 3.8) is 0 Å². The van der Waals surface area contributed by atoms with Crippen LogP contribution in [0.3, 0.4) is 0 Å².